The Morgan fingerprint density at radius 2 is 1.92 bits per heavy atom. The van der Waals surface area contributed by atoms with Crippen molar-refractivity contribution in [1.29, 1.82) is 0 Å². The van der Waals surface area contributed by atoms with Crippen LogP contribution in [0.15, 0.2) is 31.0 Å². The highest BCUT2D eigenvalue weighted by Crippen LogP contribution is 2.16. The van der Waals surface area contributed by atoms with E-state index in [1.807, 2.05) is 17.5 Å². The van der Waals surface area contributed by atoms with Gasteiger partial charge < -0.3 is 14.6 Å². The lowest BCUT2D eigenvalue weighted by molar-refractivity contribution is 0.102. The third-order valence-corrected chi connectivity index (χ3v) is 4.00. The van der Waals surface area contributed by atoms with Crippen LogP contribution in [0.1, 0.15) is 29.0 Å². The maximum atomic E-state index is 12.3. The summed E-state index contributed by atoms with van der Waals surface area (Å²) >= 11 is 0. The molecule has 122 valence electrons. The lowest BCUT2D eigenvalue weighted by Gasteiger charge is -2.15. The van der Waals surface area contributed by atoms with Gasteiger partial charge in [0.05, 0.1) is 30.5 Å². The number of hydrogen-bond donors (Lipinski definition) is 1. The number of nitrogens with zero attached hydrogens (tertiary/aromatic N) is 6. The van der Waals surface area contributed by atoms with Crippen molar-refractivity contribution in [3.05, 3.63) is 42.4 Å². The molecule has 0 atom stereocenters. The van der Waals surface area contributed by atoms with Crippen LogP contribution >= 0.6 is 0 Å². The minimum absolute atomic E-state index is 0.265. The van der Waals surface area contributed by atoms with E-state index in [1.54, 1.807) is 18.6 Å². The summed E-state index contributed by atoms with van der Waals surface area (Å²) in [5, 5.41) is 2.73. The molecule has 4 rings (SSSR count). The zero-order chi connectivity index (χ0) is 16.5. The van der Waals surface area contributed by atoms with Gasteiger partial charge in [-0.1, -0.05) is 0 Å². The fourth-order valence-electron chi connectivity index (χ4n) is 2.82. The van der Waals surface area contributed by atoms with Gasteiger partial charge in [-0.25, -0.2) is 19.9 Å². The molecule has 0 aliphatic carbocycles. The van der Waals surface area contributed by atoms with Crippen molar-refractivity contribution < 1.29 is 4.79 Å². The van der Waals surface area contributed by atoms with Crippen LogP contribution in [0.3, 0.4) is 0 Å². The minimum Gasteiger partial charge on any atom is -0.355 e. The summed E-state index contributed by atoms with van der Waals surface area (Å²) in [6, 6.07) is 0. The van der Waals surface area contributed by atoms with Gasteiger partial charge in [0.2, 0.25) is 0 Å². The molecule has 1 saturated heterocycles. The van der Waals surface area contributed by atoms with Crippen LogP contribution in [0.4, 0.5) is 11.6 Å². The number of hydrogen-bond acceptors (Lipinski definition) is 6. The molecule has 4 heterocycles. The van der Waals surface area contributed by atoms with E-state index in [0.29, 0.717) is 5.82 Å². The fraction of sp³-hybridized carbons (Fsp3) is 0.312. The molecule has 1 amide bonds. The van der Waals surface area contributed by atoms with Crippen LogP contribution in [0.25, 0.3) is 5.65 Å². The lowest BCUT2D eigenvalue weighted by atomic mass is 10.4. The maximum absolute atomic E-state index is 12.3. The minimum atomic E-state index is -0.334. The number of aryl methyl sites for hydroxylation is 1. The summed E-state index contributed by atoms with van der Waals surface area (Å²) < 4.78 is 1.82. The van der Waals surface area contributed by atoms with Gasteiger partial charge in [0, 0.05) is 19.3 Å². The Hall–Kier alpha value is -3.03. The van der Waals surface area contributed by atoms with E-state index in [4.69, 9.17) is 0 Å². The molecule has 0 unspecified atom stereocenters. The Balaban J connectivity index is 1.50. The molecule has 8 nitrogen and oxygen atoms in total. The van der Waals surface area contributed by atoms with Crippen LogP contribution in [0, 0.1) is 6.92 Å². The van der Waals surface area contributed by atoms with Crippen molar-refractivity contribution in [1.82, 2.24) is 24.3 Å². The predicted octanol–water partition coefficient (Wildman–Crippen LogP) is 1.68. The number of carbonyl (C=O) groups excluding carboxylic acids is 1. The second-order valence-electron chi connectivity index (χ2n) is 5.83. The molecular formula is C16H17N7O. The summed E-state index contributed by atoms with van der Waals surface area (Å²) in [5.41, 5.74) is 1.89. The van der Waals surface area contributed by atoms with Gasteiger partial charge in [0.25, 0.3) is 5.91 Å². The third kappa shape index (κ3) is 2.78. The average Bonchev–Trinajstić information content (AvgIpc) is 3.23. The highest BCUT2D eigenvalue weighted by molar-refractivity contribution is 6.02. The van der Waals surface area contributed by atoms with E-state index >= 15 is 0 Å². The number of amides is 1. The Morgan fingerprint density at radius 1 is 1.08 bits per heavy atom. The molecule has 24 heavy (non-hydrogen) atoms. The monoisotopic (exact) mass is 323 g/mol. The number of aromatic nitrogens is 5. The predicted molar refractivity (Wildman–Crippen MR) is 89.2 cm³/mol. The highest BCUT2D eigenvalue weighted by Gasteiger charge is 2.15. The number of imidazole rings is 1. The molecule has 0 spiro atoms. The maximum Gasteiger partial charge on any atom is 0.277 e. The first kappa shape index (κ1) is 14.6. The summed E-state index contributed by atoms with van der Waals surface area (Å²) in [7, 11) is 0. The molecule has 1 fully saturated rings. The Kier molecular flexibility index (Phi) is 3.56. The quantitative estimate of drug-likeness (QED) is 0.789. The van der Waals surface area contributed by atoms with E-state index in [1.165, 1.54) is 19.0 Å². The summed E-state index contributed by atoms with van der Waals surface area (Å²) in [4.78, 5) is 31.5. The van der Waals surface area contributed by atoms with Crippen molar-refractivity contribution in [3.63, 3.8) is 0 Å². The van der Waals surface area contributed by atoms with Gasteiger partial charge in [0.15, 0.2) is 5.65 Å². The molecule has 0 saturated carbocycles. The van der Waals surface area contributed by atoms with Crippen LogP contribution in [-0.4, -0.2) is 43.3 Å². The first-order chi connectivity index (χ1) is 11.7. The van der Waals surface area contributed by atoms with Gasteiger partial charge in [0.1, 0.15) is 17.3 Å². The lowest BCUT2D eigenvalue weighted by Crippen LogP contribution is -2.20. The number of anilines is 2. The van der Waals surface area contributed by atoms with Crippen LogP contribution < -0.4 is 10.2 Å². The van der Waals surface area contributed by atoms with E-state index < -0.39 is 0 Å². The van der Waals surface area contributed by atoms with Gasteiger partial charge in [-0.05, 0) is 19.8 Å². The first-order valence-electron chi connectivity index (χ1n) is 7.89. The summed E-state index contributed by atoms with van der Waals surface area (Å²) in [5.74, 6) is 0.923. The van der Waals surface area contributed by atoms with Crippen LogP contribution in [-0.2, 0) is 0 Å². The number of rotatable bonds is 3. The summed E-state index contributed by atoms with van der Waals surface area (Å²) in [6.45, 7) is 3.89. The summed E-state index contributed by atoms with van der Waals surface area (Å²) in [6.07, 6.45) is 10.7. The van der Waals surface area contributed by atoms with Crippen molar-refractivity contribution in [2.75, 3.05) is 23.3 Å². The fourth-order valence-corrected chi connectivity index (χ4v) is 2.82. The highest BCUT2D eigenvalue weighted by atomic mass is 16.1. The zero-order valence-corrected chi connectivity index (χ0v) is 13.3. The average molecular weight is 323 g/mol. The van der Waals surface area contributed by atoms with Crippen molar-refractivity contribution in [3.8, 4) is 0 Å². The molecule has 1 N–H and O–H groups in total. The standard InChI is InChI=1S/C16H17N7O/c1-11-9-23-10-13(18-8-15(23)20-11)21-16(24)12-6-19-14(7-17-12)22-4-2-3-5-22/h6-10H,2-5H2,1H3,(H,21,24). The molecule has 0 aromatic carbocycles. The molecule has 1 aliphatic heterocycles. The van der Waals surface area contributed by atoms with Crippen molar-refractivity contribution >= 4 is 23.2 Å². The van der Waals surface area contributed by atoms with E-state index in [-0.39, 0.29) is 11.6 Å². The van der Waals surface area contributed by atoms with E-state index in [9.17, 15) is 4.79 Å². The second kappa shape index (κ2) is 5.88. The Labute approximate surface area is 138 Å². The first-order valence-corrected chi connectivity index (χ1v) is 7.89. The van der Waals surface area contributed by atoms with E-state index in [2.05, 4.69) is 30.2 Å². The number of carbonyl (C=O) groups is 1. The van der Waals surface area contributed by atoms with E-state index in [0.717, 1.165) is 30.2 Å². The Morgan fingerprint density at radius 3 is 2.67 bits per heavy atom. The second-order valence-corrected chi connectivity index (χ2v) is 5.83. The molecule has 8 heteroatoms. The molecule has 3 aromatic rings. The zero-order valence-electron chi connectivity index (χ0n) is 13.3. The molecule has 3 aromatic heterocycles. The normalized spacial score (nSPS) is 14.3. The molecule has 0 bridgehead atoms. The van der Waals surface area contributed by atoms with Crippen LogP contribution in [0.5, 0.6) is 0 Å². The van der Waals surface area contributed by atoms with Crippen molar-refractivity contribution in [2.45, 2.75) is 19.8 Å². The molecular weight excluding hydrogens is 306 g/mol. The Bertz CT molecular complexity index is 881. The smallest absolute Gasteiger partial charge is 0.277 e. The largest absolute Gasteiger partial charge is 0.355 e. The van der Waals surface area contributed by atoms with Gasteiger partial charge >= 0.3 is 0 Å². The van der Waals surface area contributed by atoms with Gasteiger partial charge in [-0.3, -0.25) is 4.79 Å². The third-order valence-electron chi connectivity index (χ3n) is 4.00. The van der Waals surface area contributed by atoms with Crippen molar-refractivity contribution in [2.24, 2.45) is 0 Å². The number of fused-ring (bicyclic) bond motifs is 1. The van der Waals surface area contributed by atoms with Crippen LogP contribution in [0.2, 0.25) is 0 Å². The van der Waals surface area contributed by atoms with Gasteiger partial charge in [-0.2, -0.15) is 0 Å². The SMILES string of the molecule is Cc1cn2cc(NC(=O)c3cnc(N4CCCC4)cn3)ncc2n1. The topological polar surface area (TPSA) is 88.3 Å². The number of nitrogens with one attached hydrogen (secondary N) is 1. The van der Waals surface area contributed by atoms with Gasteiger partial charge in [-0.15, -0.1) is 0 Å². The molecule has 1 aliphatic rings. The molecule has 0 radical (unpaired) electrons.